The topological polar surface area (TPSA) is 57.7 Å². The Morgan fingerprint density at radius 1 is 1.09 bits per heavy atom. The molecule has 1 saturated carbocycles. The molecular weight excluding hydrogens is 307 g/mol. The van der Waals surface area contributed by atoms with E-state index in [1.54, 1.807) is 4.90 Å². The molecule has 0 bridgehead atoms. The standard InChI is InChI=1S/C15H25FN2O3S/c16-22(20,21)14-8-15(19)18(11-14)10-12-4-3-7-17(9-12)13-5-1-2-6-13/h12-14H,1-11H2. The fraction of sp³-hybridized carbons (Fsp3) is 0.933. The summed E-state index contributed by atoms with van der Waals surface area (Å²) in [7, 11) is -4.61. The maximum atomic E-state index is 13.1. The second kappa shape index (κ2) is 6.43. The van der Waals surface area contributed by atoms with Gasteiger partial charge in [-0.15, -0.1) is 3.89 Å². The molecule has 5 nitrogen and oxygen atoms in total. The fourth-order valence-corrected chi connectivity index (χ4v) is 4.96. The molecule has 0 N–H and O–H groups in total. The number of carbonyl (C=O) groups excluding carboxylic acids is 1. The number of likely N-dealkylation sites (tertiary alicyclic amines) is 2. The second-order valence-corrected chi connectivity index (χ2v) is 8.66. The fourth-order valence-electron chi connectivity index (χ4n) is 4.26. The Hall–Kier alpha value is -0.690. The van der Waals surface area contributed by atoms with Gasteiger partial charge < -0.3 is 9.80 Å². The van der Waals surface area contributed by atoms with Gasteiger partial charge in [0, 0.05) is 32.1 Å². The van der Waals surface area contributed by atoms with Crippen LogP contribution in [-0.2, 0) is 15.0 Å². The third-order valence-electron chi connectivity index (χ3n) is 5.45. The van der Waals surface area contributed by atoms with Gasteiger partial charge in [0.2, 0.25) is 5.91 Å². The lowest BCUT2D eigenvalue weighted by Crippen LogP contribution is -2.45. The molecule has 3 rings (SSSR count). The van der Waals surface area contributed by atoms with Crippen molar-refractivity contribution in [2.45, 2.75) is 56.2 Å². The van der Waals surface area contributed by atoms with Gasteiger partial charge >= 0.3 is 10.2 Å². The van der Waals surface area contributed by atoms with Gasteiger partial charge in [-0.1, -0.05) is 12.8 Å². The van der Waals surface area contributed by atoms with E-state index in [0.717, 1.165) is 25.9 Å². The largest absolute Gasteiger partial charge is 0.341 e. The first-order valence-electron chi connectivity index (χ1n) is 8.39. The molecule has 0 spiro atoms. The highest BCUT2D eigenvalue weighted by Crippen LogP contribution is 2.29. The van der Waals surface area contributed by atoms with Crippen LogP contribution in [-0.4, -0.2) is 61.6 Å². The highest BCUT2D eigenvalue weighted by molar-refractivity contribution is 7.87. The Bertz CT molecular complexity index is 519. The zero-order valence-electron chi connectivity index (χ0n) is 12.9. The Morgan fingerprint density at radius 3 is 2.45 bits per heavy atom. The first-order chi connectivity index (χ1) is 10.4. The van der Waals surface area contributed by atoms with Crippen molar-refractivity contribution >= 4 is 16.1 Å². The van der Waals surface area contributed by atoms with Gasteiger partial charge in [-0.2, -0.15) is 8.42 Å². The van der Waals surface area contributed by atoms with Crippen molar-refractivity contribution in [1.82, 2.24) is 9.80 Å². The lowest BCUT2D eigenvalue weighted by Gasteiger charge is -2.38. The van der Waals surface area contributed by atoms with Crippen LogP contribution in [0.2, 0.25) is 0 Å². The number of carbonyl (C=O) groups is 1. The van der Waals surface area contributed by atoms with Gasteiger partial charge in [0.15, 0.2) is 0 Å². The first-order valence-corrected chi connectivity index (χ1v) is 9.83. The Morgan fingerprint density at radius 2 is 1.82 bits per heavy atom. The lowest BCUT2D eigenvalue weighted by molar-refractivity contribution is -0.128. The van der Waals surface area contributed by atoms with Crippen molar-refractivity contribution in [1.29, 1.82) is 0 Å². The van der Waals surface area contributed by atoms with Crippen molar-refractivity contribution in [3.8, 4) is 0 Å². The molecule has 0 radical (unpaired) electrons. The van der Waals surface area contributed by atoms with E-state index in [2.05, 4.69) is 4.90 Å². The Kier molecular flexibility index (Phi) is 4.73. The van der Waals surface area contributed by atoms with Crippen LogP contribution in [0.5, 0.6) is 0 Å². The average molecular weight is 332 g/mol. The summed E-state index contributed by atoms with van der Waals surface area (Å²) >= 11 is 0. The molecule has 1 amide bonds. The van der Waals surface area contributed by atoms with Crippen molar-refractivity contribution in [3.63, 3.8) is 0 Å². The molecule has 3 fully saturated rings. The Labute approximate surface area is 132 Å². The summed E-state index contributed by atoms with van der Waals surface area (Å²) in [6, 6.07) is 0.691. The van der Waals surface area contributed by atoms with E-state index in [-0.39, 0.29) is 18.9 Å². The minimum Gasteiger partial charge on any atom is -0.341 e. The van der Waals surface area contributed by atoms with Crippen molar-refractivity contribution in [2.75, 3.05) is 26.2 Å². The predicted molar refractivity (Wildman–Crippen MR) is 81.6 cm³/mol. The maximum absolute atomic E-state index is 13.1. The number of hydrogen-bond donors (Lipinski definition) is 0. The van der Waals surface area contributed by atoms with E-state index in [9.17, 15) is 17.1 Å². The van der Waals surface area contributed by atoms with E-state index in [1.165, 1.54) is 25.7 Å². The molecule has 2 heterocycles. The molecular formula is C15H25FN2O3S. The SMILES string of the molecule is O=C1CC(S(=O)(=O)F)CN1CC1CCCN(C2CCCC2)C1. The van der Waals surface area contributed by atoms with Crippen LogP contribution in [0, 0.1) is 5.92 Å². The van der Waals surface area contributed by atoms with Gasteiger partial charge in [-0.3, -0.25) is 4.79 Å². The van der Waals surface area contributed by atoms with Crippen LogP contribution < -0.4 is 0 Å². The van der Waals surface area contributed by atoms with Crippen LogP contribution in [0.4, 0.5) is 3.89 Å². The molecule has 0 aromatic rings. The zero-order valence-corrected chi connectivity index (χ0v) is 13.7. The molecule has 3 aliphatic rings. The van der Waals surface area contributed by atoms with Gasteiger partial charge in [-0.05, 0) is 38.1 Å². The molecule has 0 aromatic carbocycles. The van der Waals surface area contributed by atoms with E-state index >= 15 is 0 Å². The summed E-state index contributed by atoms with van der Waals surface area (Å²) in [6.07, 6.45) is 7.18. The van der Waals surface area contributed by atoms with Crippen molar-refractivity contribution in [3.05, 3.63) is 0 Å². The minimum atomic E-state index is -4.61. The zero-order chi connectivity index (χ0) is 15.7. The average Bonchev–Trinajstić information content (AvgIpc) is 3.09. The molecule has 126 valence electrons. The number of hydrogen-bond acceptors (Lipinski definition) is 4. The van der Waals surface area contributed by atoms with Crippen LogP contribution in [0.3, 0.4) is 0 Å². The third-order valence-corrected chi connectivity index (χ3v) is 6.56. The molecule has 2 unspecified atom stereocenters. The second-order valence-electron chi connectivity index (χ2n) is 7.04. The summed E-state index contributed by atoms with van der Waals surface area (Å²) in [6.45, 7) is 2.73. The quantitative estimate of drug-likeness (QED) is 0.733. The van der Waals surface area contributed by atoms with Crippen molar-refractivity contribution in [2.24, 2.45) is 5.92 Å². The van der Waals surface area contributed by atoms with E-state index in [0.29, 0.717) is 18.5 Å². The number of amides is 1. The molecule has 2 atom stereocenters. The van der Waals surface area contributed by atoms with Gasteiger partial charge in [0.25, 0.3) is 0 Å². The van der Waals surface area contributed by atoms with Crippen LogP contribution in [0.15, 0.2) is 0 Å². The van der Waals surface area contributed by atoms with Gasteiger partial charge in [0.1, 0.15) is 5.25 Å². The van der Waals surface area contributed by atoms with Crippen LogP contribution in [0.1, 0.15) is 44.9 Å². The predicted octanol–water partition coefficient (Wildman–Crippen LogP) is 1.54. The van der Waals surface area contributed by atoms with Crippen LogP contribution in [0.25, 0.3) is 0 Å². The molecule has 2 aliphatic heterocycles. The smallest absolute Gasteiger partial charge is 0.307 e. The van der Waals surface area contributed by atoms with E-state index < -0.39 is 15.5 Å². The normalized spacial score (nSPS) is 32.0. The highest BCUT2D eigenvalue weighted by atomic mass is 32.3. The number of rotatable bonds is 4. The highest BCUT2D eigenvalue weighted by Gasteiger charge is 2.39. The van der Waals surface area contributed by atoms with E-state index in [1.807, 2.05) is 0 Å². The third kappa shape index (κ3) is 3.62. The summed E-state index contributed by atoms with van der Waals surface area (Å²) < 4.78 is 35.0. The molecule has 22 heavy (non-hydrogen) atoms. The summed E-state index contributed by atoms with van der Waals surface area (Å²) in [5, 5.41) is -1.16. The van der Waals surface area contributed by atoms with Gasteiger partial charge in [-0.25, -0.2) is 0 Å². The number of nitrogens with zero attached hydrogens (tertiary/aromatic N) is 2. The maximum Gasteiger partial charge on any atom is 0.307 e. The summed E-state index contributed by atoms with van der Waals surface area (Å²) in [4.78, 5) is 16.0. The molecule has 0 aromatic heterocycles. The molecule has 1 aliphatic carbocycles. The summed E-state index contributed by atoms with van der Waals surface area (Å²) in [5.41, 5.74) is 0. The molecule has 7 heteroatoms. The lowest BCUT2D eigenvalue weighted by atomic mass is 9.95. The molecule has 2 saturated heterocycles. The van der Waals surface area contributed by atoms with Crippen LogP contribution >= 0.6 is 0 Å². The van der Waals surface area contributed by atoms with Crippen molar-refractivity contribution < 1.29 is 17.1 Å². The Balaban J connectivity index is 1.55. The number of piperidine rings is 1. The van der Waals surface area contributed by atoms with E-state index in [4.69, 9.17) is 0 Å². The number of halogens is 1. The summed E-state index contributed by atoms with van der Waals surface area (Å²) in [5.74, 6) is 0.170. The minimum absolute atomic E-state index is 0.0254. The van der Waals surface area contributed by atoms with Gasteiger partial charge in [0.05, 0.1) is 0 Å². The first kappa shape index (κ1) is 16.2. The monoisotopic (exact) mass is 332 g/mol.